The minimum Gasteiger partial charge on any atom is -0.480 e. The molecule has 0 bridgehead atoms. The maximum atomic E-state index is 12.3. The number of aromatic nitrogens is 2. The number of carboxylic acid groups (broad SMARTS) is 1. The Balaban J connectivity index is 1.73. The Morgan fingerprint density at radius 1 is 1.27 bits per heavy atom. The van der Waals surface area contributed by atoms with Crippen LogP contribution in [0.25, 0.3) is 11.3 Å². The summed E-state index contributed by atoms with van der Waals surface area (Å²) in [6.45, 7) is 6.70. The molecule has 1 atom stereocenters. The highest BCUT2D eigenvalue weighted by Crippen LogP contribution is 2.22. The number of carboxylic acids is 1. The third-order valence-corrected chi connectivity index (χ3v) is 4.84. The number of rotatable bonds is 4. The summed E-state index contributed by atoms with van der Waals surface area (Å²) in [6.07, 6.45) is 1.10. The second kappa shape index (κ2) is 8.97. The fraction of sp³-hybridized carbons (Fsp3) is 0.429. The highest BCUT2D eigenvalue weighted by atomic mass is 35.5. The third kappa shape index (κ3) is 5.67. The average molecular weight is 433 g/mol. The Hall–Kier alpha value is -2.71. The van der Waals surface area contributed by atoms with Crippen molar-refractivity contribution in [1.29, 1.82) is 0 Å². The maximum Gasteiger partial charge on any atom is 0.410 e. The van der Waals surface area contributed by atoms with Gasteiger partial charge in [0, 0.05) is 31.4 Å². The van der Waals surface area contributed by atoms with Crippen LogP contribution in [0.5, 0.6) is 0 Å². The van der Waals surface area contributed by atoms with E-state index < -0.39 is 23.7 Å². The third-order valence-electron chi connectivity index (χ3n) is 4.66. The van der Waals surface area contributed by atoms with Gasteiger partial charge in [0.2, 0.25) is 5.28 Å². The van der Waals surface area contributed by atoms with E-state index in [1.165, 1.54) is 4.90 Å². The van der Waals surface area contributed by atoms with Crippen LogP contribution in [0.3, 0.4) is 0 Å². The maximum absolute atomic E-state index is 12.3. The molecule has 30 heavy (non-hydrogen) atoms. The zero-order valence-electron chi connectivity index (χ0n) is 17.2. The number of ether oxygens (including phenoxy) is 1. The summed E-state index contributed by atoms with van der Waals surface area (Å²) in [4.78, 5) is 35.7. The van der Waals surface area contributed by atoms with Crippen molar-refractivity contribution < 1.29 is 19.4 Å². The molecule has 2 heterocycles. The zero-order valence-corrected chi connectivity index (χ0v) is 18.0. The van der Waals surface area contributed by atoms with Crippen molar-refractivity contribution in [2.24, 2.45) is 0 Å². The van der Waals surface area contributed by atoms with Gasteiger partial charge in [-0.3, -0.25) is 9.69 Å². The molecule has 1 unspecified atom stereocenters. The molecule has 1 saturated heterocycles. The van der Waals surface area contributed by atoms with Gasteiger partial charge in [-0.2, -0.15) is 0 Å². The molecule has 160 valence electrons. The summed E-state index contributed by atoms with van der Waals surface area (Å²) in [5.74, 6) is -0.970. The molecule has 1 amide bonds. The Morgan fingerprint density at radius 2 is 2.03 bits per heavy atom. The van der Waals surface area contributed by atoms with Gasteiger partial charge in [-0.1, -0.05) is 18.2 Å². The second-order valence-corrected chi connectivity index (χ2v) is 8.50. The number of piperazine rings is 1. The van der Waals surface area contributed by atoms with Gasteiger partial charge in [-0.05, 0) is 50.1 Å². The number of hydrogen-bond acceptors (Lipinski definition) is 6. The van der Waals surface area contributed by atoms with E-state index in [0.29, 0.717) is 25.3 Å². The monoisotopic (exact) mass is 432 g/mol. The molecular weight excluding hydrogens is 408 g/mol. The Bertz CT molecular complexity index is 931. The van der Waals surface area contributed by atoms with Crippen molar-refractivity contribution in [3.63, 3.8) is 0 Å². The van der Waals surface area contributed by atoms with Crippen LogP contribution in [0.2, 0.25) is 5.28 Å². The lowest BCUT2D eigenvalue weighted by Gasteiger charge is -2.39. The smallest absolute Gasteiger partial charge is 0.410 e. The van der Waals surface area contributed by atoms with Crippen molar-refractivity contribution in [2.45, 2.75) is 39.0 Å². The Labute approximate surface area is 180 Å². The van der Waals surface area contributed by atoms with Gasteiger partial charge in [-0.15, -0.1) is 0 Å². The number of nitrogens with zero attached hydrogens (tertiary/aromatic N) is 4. The van der Waals surface area contributed by atoms with Gasteiger partial charge >= 0.3 is 12.1 Å². The van der Waals surface area contributed by atoms with E-state index in [-0.39, 0.29) is 11.8 Å². The second-order valence-electron chi connectivity index (χ2n) is 8.16. The molecule has 3 rings (SSSR count). The molecule has 1 aromatic carbocycles. The van der Waals surface area contributed by atoms with Gasteiger partial charge in [0.05, 0.1) is 12.2 Å². The molecule has 0 spiro atoms. The molecular formula is C21H25ClN4O4. The van der Waals surface area contributed by atoms with E-state index in [2.05, 4.69) is 9.97 Å². The van der Waals surface area contributed by atoms with E-state index >= 15 is 0 Å². The van der Waals surface area contributed by atoms with Crippen LogP contribution in [0.15, 0.2) is 36.5 Å². The van der Waals surface area contributed by atoms with E-state index in [9.17, 15) is 14.7 Å². The highest BCUT2D eigenvalue weighted by Gasteiger charge is 2.35. The van der Waals surface area contributed by atoms with Crippen LogP contribution in [0.1, 0.15) is 26.3 Å². The molecule has 8 nitrogen and oxygen atoms in total. The fourth-order valence-electron chi connectivity index (χ4n) is 3.30. The lowest BCUT2D eigenvalue weighted by Crippen LogP contribution is -2.57. The summed E-state index contributed by atoms with van der Waals surface area (Å²) >= 11 is 5.89. The van der Waals surface area contributed by atoms with Crippen LogP contribution in [-0.2, 0) is 16.1 Å². The molecule has 0 aliphatic carbocycles. The summed E-state index contributed by atoms with van der Waals surface area (Å²) in [5, 5.41) is 9.90. The lowest BCUT2D eigenvalue weighted by molar-refractivity contribution is -0.145. The molecule has 1 aliphatic heterocycles. The first-order chi connectivity index (χ1) is 14.1. The van der Waals surface area contributed by atoms with Crippen molar-refractivity contribution in [3.05, 3.63) is 47.4 Å². The van der Waals surface area contributed by atoms with Gasteiger partial charge in [0.1, 0.15) is 11.6 Å². The molecule has 0 saturated carbocycles. The van der Waals surface area contributed by atoms with E-state index in [0.717, 1.165) is 11.1 Å². The Morgan fingerprint density at radius 3 is 2.70 bits per heavy atom. The standard InChI is InChI=1S/C21H25ClN4O4/c1-21(2,3)30-20(29)26-10-9-25(17(13-26)18(27)28)12-14-5-4-6-15(11-14)16-7-8-23-19(22)24-16/h4-8,11,17H,9-10,12-13H2,1-3H3,(H,27,28). The van der Waals surface area contributed by atoms with Gasteiger partial charge in [0.25, 0.3) is 0 Å². The normalized spacial score (nSPS) is 17.6. The molecule has 9 heteroatoms. The topological polar surface area (TPSA) is 95.9 Å². The number of carbonyl (C=O) groups excluding carboxylic acids is 1. The number of benzene rings is 1. The minimum absolute atomic E-state index is 0.0749. The number of amides is 1. The molecule has 1 N–H and O–H groups in total. The largest absolute Gasteiger partial charge is 0.480 e. The first-order valence-electron chi connectivity index (χ1n) is 9.65. The molecule has 1 fully saturated rings. The van der Waals surface area contributed by atoms with Gasteiger partial charge in [-0.25, -0.2) is 14.8 Å². The average Bonchev–Trinajstić information content (AvgIpc) is 2.67. The van der Waals surface area contributed by atoms with E-state index in [1.807, 2.05) is 29.2 Å². The van der Waals surface area contributed by atoms with Crippen molar-refractivity contribution in [2.75, 3.05) is 19.6 Å². The highest BCUT2D eigenvalue weighted by molar-refractivity contribution is 6.28. The van der Waals surface area contributed by atoms with E-state index in [4.69, 9.17) is 16.3 Å². The summed E-state index contributed by atoms with van der Waals surface area (Å²) in [5.41, 5.74) is 1.88. The van der Waals surface area contributed by atoms with Crippen LogP contribution in [0.4, 0.5) is 4.79 Å². The summed E-state index contributed by atoms with van der Waals surface area (Å²) in [6, 6.07) is 8.65. The van der Waals surface area contributed by atoms with Crippen LogP contribution in [0, 0.1) is 0 Å². The van der Waals surface area contributed by atoms with Crippen molar-refractivity contribution >= 4 is 23.7 Å². The predicted molar refractivity (Wildman–Crippen MR) is 112 cm³/mol. The summed E-state index contributed by atoms with van der Waals surface area (Å²) in [7, 11) is 0. The number of halogens is 1. The van der Waals surface area contributed by atoms with Crippen molar-refractivity contribution in [1.82, 2.24) is 19.8 Å². The van der Waals surface area contributed by atoms with Gasteiger partial charge in [0.15, 0.2) is 0 Å². The fourth-order valence-corrected chi connectivity index (χ4v) is 3.44. The van der Waals surface area contributed by atoms with Crippen LogP contribution in [-0.4, -0.2) is 68.2 Å². The van der Waals surface area contributed by atoms with Crippen LogP contribution < -0.4 is 0 Å². The minimum atomic E-state index is -0.970. The molecule has 0 radical (unpaired) electrons. The quantitative estimate of drug-likeness (QED) is 0.740. The van der Waals surface area contributed by atoms with Gasteiger partial charge < -0.3 is 14.7 Å². The first kappa shape index (κ1) is 22.0. The van der Waals surface area contributed by atoms with Crippen LogP contribution >= 0.6 is 11.6 Å². The number of hydrogen-bond donors (Lipinski definition) is 1. The van der Waals surface area contributed by atoms with Crippen molar-refractivity contribution in [3.8, 4) is 11.3 Å². The molecule has 1 aromatic heterocycles. The first-order valence-corrected chi connectivity index (χ1v) is 10.0. The molecule has 1 aliphatic rings. The SMILES string of the molecule is CC(C)(C)OC(=O)N1CCN(Cc2cccc(-c3ccnc(Cl)n3)c2)C(C(=O)O)C1. The predicted octanol–water partition coefficient (Wildman–Crippen LogP) is 3.30. The molecule has 2 aromatic rings. The number of carbonyl (C=O) groups is 2. The lowest BCUT2D eigenvalue weighted by atomic mass is 10.1. The summed E-state index contributed by atoms with van der Waals surface area (Å²) < 4.78 is 5.39. The zero-order chi connectivity index (χ0) is 21.9. The number of aliphatic carboxylic acids is 1. The Kier molecular flexibility index (Phi) is 6.58. The van der Waals surface area contributed by atoms with E-state index in [1.54, 1.807) is 33.0 Å².